The van der Waals surface area contributed by atoms with Crippen LogP contribution in [0, 0.1) is 5.82 Å². The molecule has 3 aromatic carbocycles. The molecule has 2 aliphatic heterocycles. The molecule has 1 amide bonds. The Morgan fingerprint density at radius 3 is 2.58 bits per heavy atom. The molecule has 0 unspecified atom stereocenters. The second-order valence-corrected chi connectivity index (χ2v) is 10.7. The number of ether oxygens (including phenoxy) is 2. The summed E-state index contributed by atoms with van der Waals surface area (Å²) in [6.45, 7) is 1.06. The van der Waals surface area contributed by atoms with Crippen molar-refractivity contribution in [3.05, 3.63) is 72.5 Å². The Balaban J connectivity index is 1.38. The van der Waals surface area contributed by atoms with Crippen LogP contribution in [-0.4, -0.2) is 69.5 Å². The van der Waals surface area contributed by atoms with Gasteiger partial charge in [0.1, 0.15) is 23.9 Å². The number of amides is 1. The van der Waals surface area contributed by atoms with E-state index in [-0.39, 0.29) is 43.1 Å². The van der Waals surface area contributed by atoms with Crippen molar-refractivity contribution in [1.82, 2.24) is 9.21 Å². The molecule has 0 aromatic heterocycles. The summed E-state index contributed by atoms with van der Waals surface area (Å²) in [6.07, 6.45) is 0. The number of carbonyl (C=O) groups excluding carboxylic acids is 1. The Bertz CT molecular complexity index is 1380. The maximum Gasteiger partial charge on any atom is 0.243 e. The van der Waals surface area contributed by atoms with Gasteiger partial charge in [0.25, 0.3) is 0 Å². The van der Waals surface area contributed by atoms with Crippen molar-refractivity contribution in [2.45, 2.75) is 10.9 Å². The number of nitrogens with one attached hydrogen (secondary N) is 1. The zero-order valence-electron chi connectivity index (χ0n) is 19.7. The number of fused-ring (bicyclic) bond motifs is 2. The van der Waals surface area contributed by atoms with E-state index in [1.54, 1.807) is 13.2 Å². The molecule has 188 valence electrons. The highest BCUT2D eigenvalue weighted by Gasteiger charge is 2.36. The summed E-state index contributed by atoms with van der Waals surface area (Å²) in [7, 11) is -2.19. The first kappa shape index (κ1) is 24.2. The molecule has 2 aliphatic rings. The lowest BCUT2D eigenvalue weighted by molar-refractivity contribution is -0.118. The van der Waals surface area contributed by atoms with E-state index in [4.69, 9.17) is 9.47 Å². The smallest absolute Gasteiger partial charge is 0.243 e. The summed E-state index contributed by atoms with van der Waals surface area (Å²) in [4.78, 5) is 14.9. The van der Waals surface area contributed by atoms with Gasteiger partial charge in [0, 0.05) is 19.6 Å². The molecule has 1 atom stereocenters. The largest absolute Gasteiger partial charge is 0.497 e. The van der Waals surface area contributed by atoms with Crippen LogP contribution < -0.4 is 14.8 Å². The van der Waals surface area contributed by atoms with Crippen molar-refractivity contribution in [2.75, 3.05) is 45.2 Å². The molecule has 1 fully saturated rings. The van der Waals surface area contributed by atoms with E-state index in [9.17, 15) is 17.6 Å². The number of hydrogen-bond donors (Lipinski definition) is 1. The molecule has 3 aromatic rings. The van der Waals surface area contributed by atoms with Crippen LogP contribution in [0.15, 0.2) is 71.6 Å². The Kier molecular flexibility index (Phi) is 6.65. The third kappa shape index (κ3) is 4.92. The Morgan fingerprint density at radius 1 is 1.03 bits per heavy atom. The van der Waals surface area contributed by atoms with E-state index >= 15 is 0 Å². The lowest BCUT2D eigenvalue weighted by atomic mass is 10.0. The van der Waals surface area contributed by atoms with Gasteiger partial charge in [-0.15, -0.1) is 0 Å². The molecule has 0 bridgehead atoms. The fourth-order valence-corrected chi connectivity index (χ4v) is 5.97. The summed E-state index contributed by atoms with van der Waals surface area (Å²) >= 11 is 0. The van der Waals surface area contributed by atoms with Gasteiger partial charge in [0.05, 0.1) is 30.3 Å². The van der Waals surface area contributed by atoms with Crippen LogP contribution >= 0.6 is 0 Å². The molecule has 0 spiro atoms. The van der Waals surface area contributed by atoms with E-state index in [0.29, 0.717) is 18.0 Å². The molecular weight excluding hydrogens is 485 g/mol. The zero-order chi connectivity index (χ0) is 25.3. The molecule has 8 nitrogen and oxygen atoms in total. The zero-order valence-corrected chi connectivity index (χ0v) is 20.5. The number of hydrogen-bond acceptors (Lipinski definition) is 6. The van der Waals surface area contributed by atoms with Crippen LogP contribution in [0.2, 0.25) is 0 Å². The Labute approximate surface area is 209 Å². The second kappa shape index (κ2) is 9.88. The van der Waals surface area contributed by atoms with Gasteiger partial charge in [-0.2, -0.15) is 4.31 Å². The normalized spacial score (nSPS) is 19.1. The van der Waals surface area contributed by atoms with Crippen molar-refractivity contribution < 1.29 is 27.1 Å². The lowest BCUT2D eigenvalue weighted by Gasteiger charge is -2.39. The van der Waals surface area contributed by atoms with Gasteiger partial charge < -0.3 is 14.8 Å². The topological polar surface area (TPSA) is 88.2 Å². The van der Waals surface area contributed by atoms with Gasteiger partial charge >= 0.3 is 0 Å². The summed E-state index contributed by atoms with van der Waals surface area (Å²) in [5.74, 6) is 0.538. The van der Waals surface area contributed by atoms with Gasteiger partial charge in [-0.25, -0.2) is 12.8 Å². The standard InChI is InChI=1S/C26H26FN3O5S/c1-34-22-4-2-3-18(13-22)19-5-10-25-24(14-19)28-26(31)16-29-11-12-30(15-21(29)17-35-25)36(32,33)23-8-6-20(27)7-9-23/h2-10,13-14,21H,11-12,15-17H2,1H3,(H,28,31)/t21-/m1/s1. The number of halogens is 1. The minimum Gasteiger partial charge on any atom is -0.497 e. The molecule has 0 saturated carbocycles. The Hall–Kier alpha value is -3.47. The molecular formula is C26H26FN3O5S. The average molecular weight is 512 g/mol. The number of anilines is 1. The number of carbonyl (C=O) groups is 1. The second-order valence-electron chi connectivity index (χ2n) is 8.74. The summed E-state index contributed by atoms with van der Waals surface area (Å²) in [5, 5.41) is 2.94. The maximum absolute atomic E-state index is 13.3. The highest BCUT2D eigenvalue weighted by atomic mass is 32.2. The van der Waals surface area contributed by atoms with Crippen LogP contribution in [0.3, 0.4) is 0 Å². The summed E-state index contributed by atoms with van der Waals surface area (Å²) in [5.41, 5.74) is 2.38. The van der Waals surface area contributed by atoms with Gasteiger partial charge in [-0.05, 0) is 59.7 Å². The molecule has 5 rings (SSSR count). The molecule has 10 heteroatoms. The number of piperazine rings is 1. The maximum atomic E-state index is 13.3. The van der Waals surface area contributed by atoms with Gasteiger partial charge in [0.2, 0.25) is 15.9 Å². The average Bonchev–Trinajstić information content (AvgIpc) is 2.95. The Morgan fingerprint density at radius 2 is 1.81 bits per heavy atom. The van der Waals surface area contributed by atoms with E-state index in [1.807, 2.05) is 41.3 Å². The molecule has 2 heterocycles. The van der Waals surface area contributed by atoms with E-state index in [1.165, 1.54) is 16.4 Å². The predicted molar refractivity (Wildman–Crippen MR) is 133 cm³/mol. The molecule has 0 radical (unpaired) electrons. The van der Waals surface area contributed by atoms with E-state index in [2.05, 4.69) is 5.32 Å². The molecule has 36 heavy (non-hydrogen) atoms. The van der Waals surface area contributed by atoms with Crippen LogP contribution in [0.25, 0.3) is 11.1 Å². The van der Waals surface area contributed by atoms with E-state index < -0.39 is 15.8 Å². The monoisotopic (exact) mass is 511 g/mol. The molecule has 1 saturated heterocycles. The van der Waals surface area contributed by atoms with Gasteiger partial charge in [-0.3, -0.25) is 9.69 Å². The minimum atomic E-state index is -3.80. The van der Waals surface area contributed by atoms with Crippen LogP contribution in [-0.2, 0) is 14.8 Å². The summed E-state index contributed by atoms with van der Waals surface area (Å²) < 4.78 is 52.3. The summed E-state index contributed by atoms with van der Waals surface area (Å²) in [6, 6.07) is 17.7. The van der Waals surface area contributed by atoms with Crippen molar-refractivity contribution in [1.29, 1.82) is 0 Å². The van der Waals surface area contributed by atoms with Crippen LogP contribution in [0.5, 0.6) is 11.5 Å². The number of rotatable bonds is 4. The number of sulfonamides is 1. The minimum absolute atomic E-state index is 0.0366. The fourth-order valence-electron chi connectivity index (χ4n) is 4.50. The van der Waals surface area contributed by atoms with Crippen molar-refractivity contribution in [3.63, 3.8) is 0 Å². The fraction of sp³-hybridized carbons (Fsp3) is 0.269. The van der Waals surface area contributed by atoms with E-state index in [0.717, 1.165) is 29.0 Å². The first-order valence-electron chi connectivity index (χ1n) is 11.5. The van der Waals surface area contributed by atoms with Crippen LogP contribution in [0.1, 0.15) is 0 Å². The highest BCUT2D eigenvalue weighted by molar-refractivity contribution is 7.89. The van der Waals surface area contributed by atoms with Crippen LogP contribution in [0.4, 0.5) is 10.1 Å². The lowest BCUT2D eigenvalue weighted by Crippen LogP contribution is -2.57. The highest BCUT2D eigenvalue weighted by Crippen LogP contribution is 2.33. The quantitative estimate of drug-likeness (QED) is 0.579. The first-order valence-corrected chi connectivity index (χ1v) is 13.0. The first-order chi connectivity index (χ1) is 17.3. The third-order valence-corrected chi connectivity index (χ3v) is 8.33. The van der Waals surface area contributed by atoms with Crippen molar-refractivity contribution in [2.24, 2.45) is 0 Å². The number of methoxy groups -OCH3 is 1. The SMILES string of the molecule is COc1cccc(-c2ccc3c(c2)NC(=O)CN2CCN(S(=O)(=O)c4ccc(F)cc4)C[C@@H]2CO3)c1. The molecule has 1 N–H and O–H groups in total. The van der Waals surface area contributed by atoms with Crippen molar-refractivity contribution in [3.8, 4) is 22.6 Å². The van der Waals surface area contributed by atoms with Gasteiger partial charge in [-0.1, -0.05) is 18.2 Å². The van der Waals surface area contributed by atoms with Crippen molar-refractivity contribution >= 4 is 21.6 Å². The number of benzene rings is 3. The third-order valence-electron chi connectivity index (χ3n) is 6.45. The van der Waals surface area contributed by atoms with Gasteiger partial charge in [0.15, 0.2) is 0 Å². The number of nitrogens with zero attached hydrogens (tertiary/aromatic N) is 2. The predicted octanol–water partition coefficient (Wildman–Crippen LogP) is 3.21. The molecule has 0 aliphatic carbocycles.